The van der Waals surface area contributed by atoms with Crippen molar-refractivity contribution in [1.29, 1.82) is 0 Å². The Labute approximate surface area is 114 Å². The minimum atomic E-state index is -3.59. The van der Waals surface area contributed by atoms with Gasteiger partial charge in [-0.3, -0.25) is 9.71 Å². The Kier molecular flexibility index (Phi) is 3.68. The van der Waals surface area contributed by atoms with Gasteiger partial charge in [0, 0.05) is 10.2 Å². The molecule has 0 saturated carbocycles. The molecule has 0 aliphatic heterocycles. The van der Waals surface area contributed by atoms with E-state index in [4.69, 9.17) is 0 Å². The predicted molar refractivity (Wildman–Crippen MR) is 73.9 cm³/mol. The molecule has 1 aromatic heterocycles. The molecule has 94 valence electrons. The van der Waals surface area contributed by atoms with Crippen molar-refractivity contribution in [1.82, 2.24) is 4.98 Å². The Hall–Kier alpha value is -1.40. The summed E-state index contributed by atoms with van der Waals surface area (Å²) in [5.41, 5.74) is 1.27. The van der Waals surface area contributed by atoms with E-state index in [0.717, 1.165) is 5.69 Å². The van der Waals surface area contributed by atoms with Gasteiger partial charge in [0.2, 0.25) is 0 Å². The number of hydrogen-bond donors (Lipinski definition) is 1. The van der Waals surface area contributed by atoms with Crippen LogP contribution in [-0.2, 0) is 10.0 Å². The number of nitrogens with zero attached hydrogens (tertiary/aromatic N) is 1. The summed E-state index contributed by atoms with van der Waals surface area (Å²) < 4.78 is 27.3. The van der Waals surface area contributed by atoms with Crippen molar-refractivity contribution in [3.8, 4) is 0 Å². The largest absolute Gasteiger partial charge is 0.278 e. The SMILES string of the molecule is Cc1ccc(NS(=O)(=O)c2ccccc2Br)cn1. The number of hydrogen-bond acceptors (Lipinski definition) is 3. The van der Waals surface area contributed by atoms with E-state index < -0.39 is 10.0 Å². The first-order valence-corrected chi connectivity index (χ1v) is 7.47. The fourth-order valence-corrected chi connectivity index (χ4v) is 3.45. The molecule has 4 nitrogen and oxygen atoms in total. The molecule has 0 amide bonds. The number of anilines is 1. The second kappa shape index (κ2) is 5.07. The molecule has 0 unspecified atom stereocenters. The highest BCUT2D eigenvalue weighted by atomic mass is 79.9. The van der Waals surface area contributed by atoms with Crippen LogP contribution in [0.1, 0.15) is 5.69 Å². The van der Waals surface area contributed by atoms with Crippen molar-refractivity contribution >= 4 is 31.6 Å². The van der Waals surface area contributed by atoms with Crippen LogP contribution in [0, 0.1) is 6.92 Å². The predicted octanol–water partition coefficient (Wildman–Crippen LogP) is 2.95. The molecule has 6 heteroatoms. The summed E-state index contributed by atoms with van der Waals surface area (Å²) in [6.45, 7) is 1.84. The highest BCUT2D eigenvalue weighted by molar-refractivity contribution is 9.10. The van der Waals surface area contributed by atoms with E-state index in [-0.39, 0.29) is 4.90 Å². The van der Waals surface area contributed by atoms with Gasteiger partial charge in [-0.05, 0) is 47.1 Å². The van der Waals surface area contributed by atoms with Crippen LogP contribution < -0.4 is 4.72 Å². The topological polar surface area (TPSA) is 59.1 Å². The molecule has 0 aliphatic rings. The summed E-state index contributed by atoms with van der Waals surface area (Å²) in [6, 6.07) is 10.1. The number of sulfonamides is 1. The molecule has 0 saturated heterocycles. The zero-order valence-electron chi connectivity index (χ0n) is 9.59. The van der Waals surface area contributed by atoms with Gasteiger partial charge < -0.3 is 0 Å². The Morgan fingerprint density at radius 1 is 1.17 bits per heavy atom. The fourth-order valence-electron chi connectivity index (χ4n) is 1.40. The van der Waals surface area contributed by atoms with E-state index >= 15 is 0 Å². The van der Waals surface area contributed by atoms with Gasteiger partial charge in [0.1, 0.15) is 4.90 Å². The van der Waals surface area contributed by atoms with Crippen molar-refractivity contribution in [3.63, 3.8) is 0 Å². The van der Waals surface area contributed by atoms with Crippen molar-refractivity contribution in [2.45, 2.75) is 11.8 Å². The first-order valence-electron chi connectivity index (χ1n) is 5.19. The van der Waals surface area contributed by atoms with Gasteiger partial charge >= 0.3 is 0 Å². The number of halogens is 1. The van der Waals surface area contributed by atoms with Crippen LogP contribution >= 0.6 is 15.9 Å². The van der Waals surface area contributed by atoms with Crippen LogP contribution in [0.4, 0.5) is 5.69 Å². The van der Waals surface area contributed by atoms with Crippen LogP contribution in [0.2, 0.25) is 0 Å². The van der Waals surface area contributed by atoms with Crippen LogP contribution in [0.3, 0.4) is 0 Å². The van der Waals surface area contributed by atoms with Gasteiger partial charge in [-0.25, -0.2) is 8.42 Å². The minimum absolute atomic E-state index is 0.200. The highest BCUT2D eigenvalue weighted by Crippen LogP contribution is 2.23. The number of rotatable bonds is 3. The molecule has 1 N–H and O–H groups in total. The Bertz CT molecular complexity index is 654. The molecular formula is C12H11BrN2O2S. The molecule has 0 aliphatic carbocycles. The van der Waals surface area contributed by atoms with Gasteiger partial charge in [-0.15, -0.1) is 0 Å². The summed E-state index contributed by atoms with van der Waals surface area (Å²) in [7, 11) is -3.59. The summed E-state index contributed by atoms with van der Waals surface area (Å²) in [5, 5.41) is 0. The van der Waals surface area contributed by atoms with Crippen molar-refractivity contribution in [2.75, 3.05) is 4.72 Å². The third kappa shape index (κ3) is 2.88. The fraction of sp³-hybridized carbons (Fsp3) is 0.0833. The van der Waals surface area contributed by atoms with E-state index in [1.807, 2.05) is 6.92 Å². The molecule has 0 bridgehead atoms. The molecule has 18 heavy (non-hydrogen) atoms. The third-order valence-corrected chi connectivity index (χ3v) is 4.68. The maximum Gasteiger partial charge on any atom is 0.263 e. The van der Waals surface area contributed by atoms with Crippen molar-refractivity contribution in [2.24, 2.45) is 0 Å². The Morgan fingerprint density at radius 2 is 1.89 bits per heavy atom. The first kappa shape index (κ1) is 13.0. The molecule has 0 spiro atoms. The minimum Gasteiger partial charge on any atom is -0.278 e. The standard InChI is InChI=1S/C12H11BrN2O2S/c1-9-6-7-10(8-14-9)15-18(16,17)12-5-3-2-4-11(12)13/h2-8,15H,1H3. The summed E-state index contributed by atoms with van der Waals surface area (Å²) in [6.07, 6.45) is 1.49. The van der Waals surface area contributed by atoms with Crippen molar-refractivity contribution < 1.29 is 8.42 Å². The second-order valence-electron chi connectivity index (χ2n) is 3.72. The van der Waals surface area contributed by atoms with Crippen LogP contribution in [0.15, 0.2) is 52.0 Å². The zero-order valence-corrected chi connectivity index (χ0v) is 12.0. The number of pyridine rings is 1. The molecule has 2 rings (SSSR count). The Balaban J connectivity index is 2.33. The second-order valence-corrected chi connectivity index (χ2v) is 6.23. The highest BCUT2D eigenvalue weighted by Gasteiger charge is 2.16. The third-order valence-electron chi connectivity index (χ3n) is 2.29. The van der Waals surface area contributed by atoms with Gasteiger partial charge in [0.15, 0.2) is 0 Å². The Morgan fingerprint density at radius 3 is 2.50 bits per heavy atom. The average Bonchev–Trinajstić information content (AvgIpc) is 2.32. The lowest BCUT2D eigenvalue weighted by Gasteiger charge is -2.09. The van der Waals surface area contributed by atoms with Gasteiger partial charge in [0.25, 0.3) is 10.0 Å². The molecule has 0 radical (unpaired) electrons. The summed E-state index contributed by atoms with van der Waals surface area (Å²) in [4.78, 5) is 4.24. The molecule has 2 aromatic rings. The van der Waals surface area contributed by atoms with E-state index in [2.05, 4.69) is 25.6 Å². The number of aryl methyl sites for hydroxylation is 1. The van der Waals surface area contributed by atoms with Crippen LogP contribution in [0.25, 0.3) is 0 Å². The van der Waals surface area contributed by atoms with Crippen LogP contribution in [-0.4, -0.2) is 13.4 Å². The normalized spacial score (nSPS) is 11.2. The number of nitrogens with one attached hydrogen (secondary N) is 1. The molecule has 1 aromatic carbocycles. The summed E-state index contributed by atoms with van der Waals surface area (Å²) >= 11 is 3.22. The van der Waals surface area contributed by atoms with Gasteiger partial charge in [-0.1, -0.05) is 12.1 Å². The average molecular weight is 327 g/mol. The maximum atomic E-state index is 12.1. The quantitative estimate of drug-likeness (QED) is 0.943. The first-order chi connectivity index (χ1) is 8.49. The summed E-state index contributed by atoms with van der Waals surface area (Å²) in [5.74, 6) is 0. The lowest BCUT2D eigenvalue weighted by atomic mass is 10.4. The molecule has 1 heterocycles. The number of aromatic nitrogens is 1. The molecule has 0 atom stereocenters. The van der Waals surface area contributed by atoms with E-state index in [9.17, 15) is 8.42 Å². The maximum absolute atomic E-state index is 12.1. The van der Waals surface area contributed by atoms with E-state index in [1.54, 1.807) is 30.3 Å². The lowest BCUT2D eigenvalue weighted by molar-refractivity contribution is 0.600. The molecular weight excluding hydrogens is 316 g/mol. The van der Waals surface area contributed by atoms with Crippen molar-refractivity contribution in [3.05, 3.63) is 52.8 Å². The number of benzene rings is 1. The van der Waals surface area contributed by atoms with E-state index in [1.165, 1.54) is 12.3 Å². The lowest BCUT2D eigenvalue weighted by Crippen LogP contribution is -2.13. The zero-order chi connectivity index (χ0) is 13.2. The van der Waals surface area contributed by atoms with E-state index in [0.29, 0.717) is 10.2 Å². The van der Waals surface area contributed by atoms with Gasteiger partial charge in [0.05, 0.1) is 11.9 Å². The van der Waals surface area contributed by atoms with Gasteiger partial charge in [-0.2, -0.15) is 0 Å². The van der Waals surface area contributed by atoms with Crippen LogP contribution in [0.5, 0.6) is 0 Å². The monoisotopic (exact) mass is 326 g/mol. The smallest absolute Gasteiger partial charge is 0.263 e. The molecule has 0 fully saturated rings.